The van der Waals surface area contributed by atoms with Crippen molar-refractivity contribution in [2.24, 2.45) is 0 Å². The summed E-state index contributed by atoms with van der Waals surface area (Å²) >= 11 is 1.55. The van der Waals surface area contributed by atoms with E-state index in [0.29, 0.717) is 22.8 Å². The van der Waals surface area contributed by atoms with E-state index in [4.69, 9.17) is 15.0 Å². The molecule has 0 spiro atoms. The average Bonchev–Trinajstić information content (AvgIpc) is 3.22. The fraction of sp³-hybridized carbons (Fsp3) is 0.348. The first-order valence-electron chi connectivity index (χ1n) is 10.2. The van der Waals surface area contributed by atoms with Gasteiger partial charge in [-0.2, -0.15) is 5.26 Å². The van der Waals surface area contributed by atoms with E-state index >= 15 is 0 Å². The zero-order valence-corrected chi connectivity index (χ0v) is 17.8. The molecule has 154 valence electrons. The van der Waals surface area contributed by atoms with Crippen molar-refractivity contribution in [1.82, 2.24) is 9.88 Å². The van der Waals surface area contributed by atoms with Crippen LogP contribution in [0, 0.1) is 11.3 Å². The molecule has 1 fully saturated rings. The Morgan fingerprint density at radius 2 is 2.00 bits per heavy atom. The highest BCUT2D eigenvalue weighted by molar-refractivity contribution is 7.22. The molecule has 3 aromatic rings. The highest BCUT2D eigenvalue weighted by atomic mass is 32.1. The number of hydrogen-bond acceptors (Lipinski definition) is 6. The molecule has 4 rings (SSSR count). The largest absolute Gasteiger partial charge is 0.379 e. The van der Waals surface area contributed by atoms with Gasteiger partial charge in [-0.25, -0.2) is 4.98 Å². The van der Waals surface area contributed by atoms with Crippen LogP contribution < -0.4 is 4.90 Å². The first-order valence-corrected chi connectivity index (χ1v) is 11.0. The van der Waals surface area contributed by atoms with Gasteiger partial charge in [0.05, 0.1) is 35.1 Å². The Morgan fingerprint density at radius 3 is 2.70 bits per heavy atom. The number of hydrogen-bond donors (Lipinski definition) is 0. The van der Waals surface area contributed by atoms with Crippen molar-refractivity contribution in [3.05, 3.63) is 59.2 Å². The fourth-order valence-electron chi connectivity index (χ4n) is 3.49. The van der Waals surface area contributed by atoms with Crippen molar-refractivity contribution in [2.75, 3.05) is 44.3 Å². The Balaban J connectivity index is 1.63. The molecule has 7 heteroatoms. The second kappa shape index (κ2) is 9.35. The van der Waals surface area contributed by atoms with Crippen LogP contribution in [0.2, 0.25) is 0 Å². The number of carbonyl (C=O) groups excluding carboxylic acids is 1. The van der Waals surface area contributed by atoms with Crippen molar-refractivity contribution in [1.29, 1.82) is 5.26 Å². The molecule has 0 radical (unpaired) electrons. The summed E-state index contributed by atoms with van der Waals surface area (Å²) in [6, 6.07) is 15.2. The van der Waals surface area contributed by atoms with Gasteiger partial charge in [0.15, 0.2) is 5.13 Å². The van der Waals surface area contributed by atoms with Gasteiger partial charge in [-0.3, -0.25) is 14.6 Å². The maximum atomic E-state index is 13.4. The van der Waals surface area contributed by atoms with Crippen LogP contribution in [0.25, 0.3) is 10.2 Å². The molecule has 1 aliphatic rings. The summed E-state index contributed by atoms with van der Waals surface area (Å²) in [4.78, 5) is 22.2. The van der Waals surface area contributed by atoms with Gasteiger partial charge < -0.3 is 4.74 Å². The van der Waals surface area contributed by atoms with Crippen LogP contribution >= 0.6 is 11.3 Å². The number of nitriles is 1. The van der Waals surface area contributed by atoms with Crippen LogP contribution in [0.4, 0.5) is 5.13 Å². The van der Waals surface area contributed by atoms with E-state index in [9.17, 15) is 4.79 Å². The standard InChI is InChI=1S/C23H24N4O2S/c1-2-17-5-8-20-21(15-17)30-23(25-20)27(10-9-26-11-13-29-14-12-26)22(28)19-6-3-18(16-24)4-7-19/h3-8,15H,2,9-14H2,1H3. The number of nitrogens with zero attached hydrogens (tertiary/aromatic N) is 4. The zero-order chi connectivity index (χ0) is 20.9. The maximum absolute atomic E-state index is 13.4. The Bertz CT molecular complexity index is 1060. The van der Waals surface area contributed by atoms with Crippen LogP contribution in [0.15, 0.2) is 42.5 Å². The fourth-order valence-corrected chi connectivity index (χ4v) is 4.54. The van der Waals surface area contributed by atoms with E-state index in [1.54, 1.807) is 40.5 Å². The van der Waals surface area contributed by atoms with Crippen LogP contribution in [0.3, 0.4) is 0 Å². The zero-order valence-electron chi connectivity index (χ0n) is 17.0. The molecule has 2 heterocycles. The number of anilines is 1. The van der Waals surface area contributed by atoms with Crippen molar-refractivity contribution < 1.29 is 9.53 Å². The molecule has 0 atom stereocenters. The van der Waals surface area contributed by atoms with Gasteiger partial charge in [0.1, 0.15) is 0 Å². The highest BCUT2D eigenvalue weighted by Gasteiger charge is 2.23. The summed E-state index contributed by atoms with van der Waals surface area (Å²) in [6.07, 6.45) is 0.966. The number of fused-ring (bicyclic) bond motifs is 1. The minimum atomic E-state index is -0.0949. The average molecular weight is 421 g/mol. The van der Waals surface area contributed by atoms with E-state index in [1.807, 2.05) is 6.07 Å². The lowest BCUT2D eigenvalue weighted by Gasteiger charge is -2.29. The van der Waals surface area contributed by atoms with Gasteiger partial charge >= 0.3 is 0 Å². The van der Waals surface area contributed by atoms with E-state index in [-0.39, 0.29) is 5.91 Å². The molecule has 2 aromatic carbocycles. The SMILES string of the molecule is CCc1ccc2nc(N(CCN3CCOCC3)C(=O)c3ccc(C#N)cc3)sc2c1. The van der Waals surface area contributed by atoms with Crippen molar-refractivity contribution in [3.63, 3.8) is 0 Å². The van der Waals surface area contributed by atoms with Gasteiger partial charge in [0.25, 0.3) is 5.91 Å². The molecular weight excluding hydrogens is 396 g/mol. The monoisotopic (exact) mass is 420 g/mol. The Labute approximate surface area is 180 Å². The van der Waals surface area contributed by atoms with Crippen LogP contribution in [0.5, 0.6) is 0 Å². The summed E-state index contributed by atoms with van der Waals surface area (Å²) < 4.78 is 6.52. The molecular formula is C23H24N4O2S. The predicted octanol–water partition coefficient (Wildman–Crippen LogP) is 3.71. The smallest absolute Gasteiger partial charge is 0.260 e. The number of ether oxygens (including phenoxy) is 1. The molecule has 0 N–H and O–H groups in total. The van der Waals surface area contributed by atoms with Crippen LogP contribution in [-0.2, 0) is 11.2 Å². The first kappa shape index (κ1) is 20.5. The lowest BCUT2D eigenvalue weighted by Crippen LogP contribution is -2.43. The molecule has 1 amide bonds. The van der Waals surface area contributed by atoms with Gasteiger partial charge in [-0.05, 0) is 48.4 Å². The number of thiazole rings is 1. The summed E-state index contributed by atoms with van der Waals surface area (Å²) in [5, 5.41) is 9.75. The number of carbonyl (C=O) groups is 1. The number of aromatic nitrogens is 1. The molecule has 0 aliphatic carbocycles. The molecule has 0 unspecified atom stereocenters. The van der Waals surface area contributed by atoms with Crippen LogP contribution in [-0.4, -0.2) is 55.2 Å². The molecule has 6 nitrogen and oxygen atoms in total. The molecule has 1 saturated heterocycles. The third-order valence-corrected chi connectivity index (χ3v) is 6.37. The molecule has 1 aliphatic heterocycles. The summed E-state index contributed by atoms with van der Waals surface area (Å²) in [5.74, 6) is -0.0949. The number of rotatable bonds is 6. The van der Waals surface area contributed by atoms with Crippen molar-refractivity contribution in [2.45, 2.75) is 13.3 Å². The Hall–Kier alpha value is -2.79. The number of aryl methyl sites for hydroxylation is 1. The molecule has 1 aromatic heterocycles. The normalized spacial score (nSPS) is 14.5. The lowest BCUT2D eigenvalue weighted by atomic mass is 10.1. The van der Waals surface area contributed by atoms with Gasteiger partial charge in [0.2, 0.25) is 0 Å². The summed E-state index contributed by atoms with van der Waals surface area (Å²) in [7, 11) is 0. The van der Waals surface area contributed by atoms with E-state index in [0.717, 1.165) is 49.5 Å². The van der Waals surface area contributed by atoms with Crippen molar-refractivity contribution in [3.8, 4) is 6.07 Å². The second-order valence-corrected chi connectivity index (χ2v) is 8.26. The second-order valence-electron chi connectivity index (χ2n) is 7.25. The number of benzene rings is 2. The quantitative estimate of drug-likeness (QED) is 0.608. The van der Waals surface area contributed by atoms with E-state index in [2.05, 4.69) is 30.0 Å². The third-order valence-electron chi connectivity index (χ3n) is 5.33. The minimum absolute atomic E-state index is 0.0949. The Kier molecular flexibility index (Phi) is 6.38. The lowest BCUT2D eigenvalue weighted by molar-refractivity contribution is 0.0391. The number of amides is 1. The highest BCUT2D eigenvalue weighted by Crippen LogP contribution is 2.30. The topological polar surface area (TPSA) is 69.5 Å². The number of morpholine rings is 1. The molecule has 0 bridgehead atoms. The first-order chi connectivity index (χ1) is 14.7. The van der Waals surface area contributed by atoms with E-state index < -0.39 is 0 Å². The Morgan fingerprint density at radius 1 is 1.23 bits per heavy atom. The van der Waals surface area contributed by atoms with Gasteiger partial charge in [0, 0.05) is 31.7 Å². The molecule has 0 saturated carbocycles. The van der Waals surface area contributed by atoms with Gasteiger partial charge in [-0.1, -0.05) is 24.3 Å². The molecule has 30 heavy (non-hydrogen) atoms. The summed E-state index contributed by atoms with van der Waals surface area (Å²) in [5.41, 5.74) is 3.27. The summed E-state index contributed by atoms with van der Waals surface area (Å²) in [6.45, 7) is 6.65. The third kappa shape index (κ3) is 4.51. The minimum Gasteiger partial charge on any atom is -0.379 e. The van der Waals surface area contributed by atoms with Gasteiger partial charge in [-0.15, -0.1) is 0 Å². The van der Waals surface area contributed by atoms with Crippen molar-refractivity contribution >= 4 is 32.6 Å². The van der Waals surface area contributed by atoms with E-state index in [1.165, 1.54) is 5.56 Å². The van der Waals surface area contributed by atoms with Crippen LogP contribution in [0.1, 0.15) is 28.4 Å². The predicted molar refractivity (Wildman–Crippen MR) is 119 cm³/mol. The maximum Gasteiger partial charge on any atom is 0.260 e.